The van der Waals surface area contributed by atoms with Crippen LogP contribution in [0.15, 0.2) is 28.9 Å². The van der Waals surface area contributed by atoms with E-state index in [0.29, 0.717) is 17.9 Å². The molecule has 0 fully saturated rings. The first-order valence-electron chi connectivity index (χ1n) is 5.63. The number of hydrogen-bond donors (Lipinski definition) is 1. The van der Waals surface area contributed by atoms with Crippen LogP contribution in [0, 0.1) is 0 Å². The van der Waals surface area contributed by atoms with Crippen LogP contribution < -0.4 is 5.73 Å². The maximum Gasteiger partial charge on any atom is 0.191 e. The number of nitrogens with two attached hydrogens (primary N) is 1. The van der Waals surface area contributed by atoms with Gasteiger partial charge < -0.3 is 5.73 Å². The SMILES string of the molecule is CC(C)(C)c1ccc(Cc2nonc2N)cc1. The molecule has 90 valence electrons. The highest BCUT2D eigenvalue weighted by molar-refractivity contribution is 5.36. The van der Waals surface area contributed by atoms with Crippen LogP contribution in [-0.2, 0) is 11.8 Å². The lowest BCUT2D eigenvalue weighted by molar-refractivity contribution is 0.305. The van der Waals surface area contributed by atoms with Crippen molar-refractivity contribution in [2.75, 3.05) is 5.73 Å². The third-order valence-corrected chi connectivity index (χ3v) is 2.78. The first kappa shape index (κ1) is 11.6. The van der Waals surface area contributed by atoms with Gasteiger partial charge in [0.2, 0.25) is 0 Å². The number of nitrogens with zero attached hydrogens (tertiary/aromatic N) is 2. The molecule has 0 bridgehead atoms. The van der Waals surface area contributed by atoms with E-state index in [1.807, 2.05) is 0 Å². The van der Waals surface area contributed by atoms with Gasteiger partial charge in [0.05, 0.1) is 0 Å². The molecule has 4 nitrogen and oxygen atoms in total. The van der Waals surface area contributed by atoms with E-state index in [4.69, 9.17) is 5.73 Å². The molecule has 1 aromatic heterocycles. The maximum atomic E-state index is 5.62. The number of hydrogen-bond acceptors (Lipinski definition) is 4. The average molecular weight is 231 g/mol. The van der Waals surface area contributed by atoms with Crippen molar-refractivity contribution >= 4 is 5.82 Å². The predicted molar refractivity (Wildman–Crippen MR) is 66.7 cm³/mol. The Morgan fingerprint density at radius 2 is 1.76 bits per heavy atom. The summed E-state index contributed by atoms with van der Waals surface area (Å²) in [6.07, 6.45) is 0.653. The summed E-state index contributed by atoms with van der Waals surface area (Å²) >= 11 is 0. The van der Waals surface area contributed by atoms with E-state index in [2.05, 4.69) is 60.0 Å². The Morgan fingerprint density at radius 3 is 2.24 bits per heavy atom. The minimum Gasteiger partial charge on any atom is -0.379 e. The van der Waals surface area contributed by atoms with Gasteiger partial charge in [0.25, 0.3) is 0 Å². The molecule has 0 unspecified atom stereocenters. The zero-order valence-corrected chi connectivity index (χ0v) is 10.4. The zero-order valence-electron chi connectivity index (χ0n) is 10.4. The summed E-state index contributed by atoms with van der Waals surface area (Å²) in [5, 5.41) is 7.33. The van der Waals surface area contributed by atoms with Crippen LogP contribution in [-0.4, -0.2) is 10.3 Å². The third kappa shape index (κ3) is 2.64. The molecule has 0 aliphatic rings. The largest absolute Gasteiger partial charge is 0.379 e. The number of rotatable bonds is 2. The van der Waals surface area contributed by atoms with Gasteiger partial charge in [-0.05, 0) is 21.7 Å². The van der Waals surface area contributed by atoms with Crippen molar-refractivity contribution in [2.45, 2.75) is 32.6 Å². The summed E-state index contributed by atoms with van der Waals surface area (Å²) in [6.45, 7) is 6.59. The number of anilines is 1. The molecule has 17 heavy (non-hydrogen) atoms. The molecule has 1 aromatic carbocycles. The molecule has 0 spiro atoms. The highest BCUT2D eigenvalue weighted by Crippen LogP contribution is 2.23. The monoisotopic (exact) mass is 231 g/mol. The van der Waals surface area contributed by atoms with Crippen LogP contribution in [0.3, 0.4) is 0 Å². The van der Waals surface area contributed by atoms with Crippen LogP contribution in [0.5, 0.6) is 0 Å². The van der Waals surface area contributed by atoms with Gasteiger partial charge in [-0.15, -0.1) is 0 Å². The van der Waals surface area contributed by atoms with E-state index in [9.17, 15) is 0 Å². The van der Waals surface area contributed by atoms with Crippen molar-refractivity contribution in [1.29, 1.82) is 0 Å². The molecule has 1 heterocycles. The summed E-state index contributed by atoms with van der Waals surface area (Å²) in [5.74, 6) is 0.366. The zero-order chi connectivity index (χ0) is 12.5. The van der Waals surface area contributed by atoms with Gasteiger partial charge in [-0.25, -0.2) is 4.63 Å². The van der Waals surface area contributed by atoms with Gasteiger partial charge >= 0.3 is 0 Å². The van der Waals surface area contributed by atoms with Gasteiger partial charge in [-0.3, -0.25) is 0 Å². The van der Waals surface area contributed by atoms with Gasteiger partial charge in [-0.1, -0.05) is 50.2 Å². The number of nitrogen functional groups attached to an aromatic ring is 1. The average Bonchev–Trinajstić information content (AvgIpc) is 2.64. The fourth-order valence-corrected chi connectivity index (χ4v) is 1.65. The number of benzene rings is 1. The molecule has 0 atom stereocenters. The fourth-order valence-electron chi connectivity index (χ4n) is 1.65. The van der Waals surface area contributed by atoms with Crippen molar-refractivity contribution in [2.24, 2.45) is 0 Å². The first-order valence-corrected chi connectivity index (χ1v) is 5.63. The third-order valence-electron chi connectivity index (χ3n) is 2.78. The lowest BCUT2D eigenvalue weighted by Gasteiger charge is -2.19. The van der Waals surface area contributed by atoms with E-state index in [1.54, 1.807) is 0 Å². The molecular formula is C13H17N3O. The van der Waals surface area contributed by atoms with Gasteiger partial charge in [-0.2, -0.15) is 0 Å². The molecule has 0 saturated heterocycles. The lowest BCUT2D eigenvalue weighted by Crippen LogP contribution is -2.10. The van der Waals surface area contributed by atoms with Crippen molar-refractivity contribution in [1.82, 2.24) is 10.3 Å². The minimum atomic E-state index is 0.174. The van der Waals surface area contributed by atoms with Gasteiger partial charge in [0.1, 0.15) is 5.69 Å². The second-order valence-electron chi connectivity index (χ2n) is 5.22. The van der Waals surface area contributed by atoms with Crippen LogP contribution in [0.1, 0.15) is 37.6 Å². The Hall–Kier alpha value is -1.84. The molecule has 0 aliphatic heterocycles. The van der Waals surface area contributed by atoms with Crippen LogP contribution in [0.2, 0.25) is 0 Å². The summed E-state index contributed by atoms with van der Waals surface area (Å²) in [6, 6.07) is 8.46. The standard InChI is InChI=1S/C13H17N3O/c1-13(2,3)10-6-4-9(5-7-10)8-11-12(14)16-17-15-11/h4-7H,8H2,1-3H3,(H2,14,16). The Balaban J connectivity index is 2.17. The van der Waals surface area contributed by atoms with Gasteiger partial charge in [0.15, 0.2) is 5.82 Å². The summed E-state index contributed by atoms with van der Waals surface area (Å²) in [7, 11) is 0. The topological polar surface area (TPSA) is 64.9 Å². The summed E-state index contributed by atoms with van der Waals surface area (Å²) in [4.78, 5) is 0. The van der Waals surface area contributed by atoms with E-state index in [-0.39, 0.29) is 5.41 Å². The maximum absolute atomic E-state index is 5.62. The molecule has 0 saturated carbocycles. The Kier molecular flexibility index (Phi) is 2.88. The number of aromatic nitrogens is 2. The van der Waals surface area contributed by atoms with Crippen LogP contribution >= 0.6 is 0 Å². The molecule has 2 N–H and O–H groups in total. The van der Waals surface area contributed by atoms with Crippen molar-refractivity contribution in [3.05, 3.63) is 41.1 Å². The van der Waals surface area contributed by atoms with Crippen molar-refractivity contribution < 1.29 is 4.63 Å². The second-order valence-corrected chi connectivity index (χ2v) is 5.22. The highest BCUT2D eigenvalue weighted by atomic mass is 16.6. The normalized spacial score (nSPS) is 11.7. The second kappa shape index (κ2) is 4.20. The fraction of sp³-hybridized carbons (Fsp3) is 0.385. The quantitative estimate of drug-likeness (QED) is 0.862. The van der Waals surface area contributed by atoms with E-state index in [0.717, 1.165) is 5.56 Å². The molecule has 2 aromatic rings. The summed E-state index contributed by atoms with van der Waals surface area (Å²) < 4.78 is 4.57. The van der Waals surface area contributed by atoms with E-state index in [1.165, 1.54) is 5.56 Å². The predicted octanol–water partition coefficient (Wildman–Crippen LogP) is 2.54. The van der Waals surface area contributed by atoms with Crippen LogP contribution in [0.25, 0.3) is 0 Å². The van der Waals surface area contributed by atoms with E-state index >= 15 is 0 Å². The van der Waals surface area contributed by atoms with Crippen LogP contribution in [0.4, 0.5) is 5.82 Å². The molecule has 0 amide bonds. The van der Waals surface area contributed by atoms with E-state index < -0.39 is 0 Å². The van der Waals surface area contributed by atoms with Gasteiger partial charge in [0, 0.05) is 6.42 Å². The molecule has 4 heteroatoms. The lowest BCUT2D eigenvalue weighted by atomic mass is 9.86. The Bertz CT molecular complexity index is 494. The molecule has 0 aliphatic carbocycles. The summed E-state index contributed by atoms with van der Waals surface area (Å²) in [5.41, 5.74) is 8.95. The van der Waals surface area contributed by atoms with Crippen molar-refractivity contribution in [3.8, 4) is 0 Å². The smallest absolute Gasteiger partial charge is 0.191 e. The highest BCUT2D eigenvalue weighted by Gasteiger charge is 2.13. The Labute approximate surface area is 101 Å². The molecule has 2 rings (SSSR count). The first-order chi connectivity index (χ1) is 7.97. The minimum absolute atomic E-state index is 0.174. The van der Waals surface area contributed by atoms with Crippen molar-refractivity contribution in [3.63, 3.8) is 0 Å². The Morgan fingerprint density at radius 1 is 1.12 bits per heavy atom. The molecule has 0 radical (unpaired) electrons. The molecular weight excluding hydrogens is 214 g/mol.